The van der Waals surface area contributed by atoms with Crippen molar-refractivity contribution in [2.75, 3.05) is 13.2 Å². The Morgan fingerprint density at radius 3 is 2.76 bits per heavy atom. The Kier molecular flexibility index (Phi) is 8.09. The van der Waals surface area contributed by atoms with Gasteiger partial charge in [-0.05, 0) is 78.6 Å². The van der Waals surface area contributed by atoms with Crippen LogP contribution in [0.4, 0.5) is 4.39 Å². The number of aromatic nitrogens is 5. The minimum Gasteiger partial charge on any atom is -0.494 e. The number of hydrogen-bond acceptors (Lipinski definition) is 7. The molecule has 3 heterocycles. The van der Waals surface area contributed by atoms with Crippen LogP contribution in [-0.4, -0.2) is 49.4 Å². The number of benzene rings is 2. The average Bonchev–Trinajstić information content (AvgIpc) is 3.59. The zero-order valence-electron chi connectivity index (χ0n) is 21.8. The molecule has 5 rings (SSSR count). The predicted molar refractivity (Wildman–Crippen MR) is 141 cm³/mol. The van der Waals surface area contributed by atoms with E-state index in [1.807, 2.05) is 35.9 Å². The van der Waals surface area contributed by atoms with E-state index < -0.39 is 0 Å². The fraction of sp³-hybridized carbons (Fsp3) is 0.429. The normalized spacial score (nSPS) is 16.4. The van der Waals surface area contributed by atoms with Gasteiger partial charge in [0.1, 0.15) is 11.6 Å². The molecule has 2 atom stereocenters. The molecule has 10 heteroatoms. The average molecular weight is 521 g/mol. The van der Waals surface area contributed by atoms with Crippen molar-refractivity contribution < 1.29 is 13.9 Å². The van der Waals surface area contributed by atoms with E-state index in [4.69, 9.17) is 9.47 Å². The molecule has 0 unspecified atom stereocenters. The van der Waals surface area contributed by atoms with E-state index >= 15 is 0 Å². The lowest BCUT2D eigenvalue weighted by atomic mass is 10.1. The van der Waals surface area contributed by atoms with Gasteiger partial charge in [-0.15, -0.1) is 5.10 Å². The first kappa shape index (κ1) is 26.0. The number of pyridine rings is 1. The molecule has 2 aromatic heterocycles. The quantitative estimate of drug-likeness (QED) is 0.313. The maximum Gasteiger partial charge on any atom is 0.252 e. The van der Waals surface area contributed by atoms with Gasteiger partial charge < -0.3 is 14.5 Å². The second-order valence-corrected chi connectivity index (χ2v) is 9.62. The van der Waals surface area contributed by atoms with E-state index in [1.54, 1.807) is 12.1 Å². The molecule has 1 N–H and O–H groups in total. The summed E-state index contributed by atoms with van der Waals surface area (Å²) in [4.78, 5) is 18.3. The van der Waals surface area contributed by atoms with E-state index in [0.29, 0.717) is 38.2 Å². The predicted octanol–water partition coefficient (Wildman–Crippen LogP) is 4.38. The third-order valence-corrected chi connectivity index (χ3v) is 6.96. The van der Waals surface area contributed by atoms with Crippen LogP contribution in [0.1, 0.15) is 56.1 Å². The summed E-state index contributed by atoms with van der Waals surface area (Å²) >= 11 is 0. The summed E-state index contributed by atoms with van der Waals surface area (Å²) in [7, 11) is 0. The first-order valence-electron chi connectivity index (χ1n) is 13.2. The minimum absolute atomic E-state index is 0.0863. The molecule has 1 saturated heterocycles. The van der Waals surface area contributed by atoms with Crippen LogP contribution in [0.5, 0.6) is 5.75 Å². The molecule has 1 aliphatic heterocycles. The van der Waals surface area contributed by atoms with Crippen LogP contribution in [0, 0.1) is 5.82 Å². The third kappa shape index (κ3) is 5.92. The summed E-state index contributed by atoms with van der Waals surface area (Å²) in [5.41, 5.74) is 2.14. The van der Waals surface area contributed by atoms with Crippen LogP contribution in [0.15, 0.2) is 53.3 Å². The third-order valence-electron chi connectivity index (χ3n) is 6.96. The first-order chi connectivity index (χ1) is 18.5. The summed E-state index contributed by atoms with van der Waals surface area (Å²) in [6.07, 6.45) is 2.81. The summed E-state index contributed by atoms with van der Waals surface area (Å²) in [5, 5.41) is 13.5. The Labute approximate surface area is 220 Å². The van der Waals surface area contributed by atoms with Crippen LogP contribution in [0.2, 0.25) is 0 Å². The number of tetrazole rings is 1. The smallest absolute Gasteiger partial charge is 0.252 e. The zero-order valence-corrected chi connectivity index (χ0v) is 21.8. The van der Waals surface area contributed by atoms with Gasteiger partial charge >= 0.3 is 0 Å². The van der Waals surface area contributed by atoms with E-state index in [2.05, 4.69) is 32.3 Å². The molecule has 9 nitrogen and oxygen atoms in total. The van der Waals surface area contributed by atoms with Crippen molar-refractivity contribution in [3.8, 4) is 5.75 Å². The SMILES string of the molecule is CCOc1ccc2[nH]c(=O)c(CN(Cc3ccc(F)cc3)[C@@H](CC)c3nnnn3C[C@H]3CCCO3)cc2c1. The van der Waals surface area contributed by atoms with Gasteiger partial charge in [0, 0.05) is 36.2 Å². The largest absolute Gasteiger partial charge is 0.494 e. The highest BCUT2D eigenvalue weighted by Gasteiger charge is 2.28. The fourth-order valence-electron chi connectivity index (χ4n) is 5.09. The lowest BCUT2D eigenvalue weighted by Gasteiger charge is -2.30. The molecular formula is C28H33FN6O3. The van der Waals surface area contributed by atoms with Crippen molar-refractivity contribution in [2.45, 2.75) is 64.9 Å². The molecule has 0 aliphatic carbocycles. The highest BCUT2D eigenvalue weighted by Crippen LogP contribution is 2.28. The lowest BCUT2D eigenvalue weighted by molar-refractivity contribution is 0.0888. The maximum absolute atomic E-state index is 13.6. The van der Waals surface area contributed by atoms with Gasteiger partial charge in [-0.2, -0.15) is 0 Å². The van der Waals surface area contributed by atoms with Crippen LogP contribution < -0.4 is 10.3 Å². The Bertz CT molecular complexity index is 1410. The van der Waals surface area contributed by atoms with E-state index in [-0.39, 0.29) is 23.5 Å². The monoisotopic (exact) mass is 520 g/mol. The van der Waals surface area contributed by atoms with E-state index in [0.717, 1.165) is 47.5 Å². The summed E-state index contributed by atoms with van der Waals surface area (Å²) < 4.78 is 26.9. The van der Waals surface area contributed by atoms with Crippen LogP contribution >= 0.6 is 0 Å². The second-order valence-electron chi connectivity index (χ2n) is 9.62. The number of hydrogen-bond donors (Lipinski definition) is 1. The van der Waals surface area contributed by atoms with Gasteiger partial charge in [-0.3, -0.25) is 9.69 Å². The Morgan fingerprint density at radius 2 is 2.03 bits per heavy atom. The van der Waals surface area contributed by atoms with Gasteiger partial charge in [0.05, 0.1) is 25.3 Å². The summed E-state index contributed by atoms with van der Waals surface area (Å²) in [6, 6.07) is 13.8. The van der Waals surface area contributed by atoms with Crippen molar-refractivity contribution in [1.82, 2.24) is 30.1 Å². The van der Waals surface area contributed by atoms with Crippen LogP contribution in [0.25, 0.3) is 10.9 Å². The minimum atomic E-state index is -0.288. The number of fused-ring (bicyclic) bond motifs is 1. The molecule has 0 saturated carbocycles. The number of H-pyrrole nitrogens is 1. The number of nitrogens with zero attached hydrogens (tertiary/aromatic N) is 5. The van der Waals surface area contributed by atoms with E-state index in [1.165, 1.54) is 12.1 Å². The van der Waals surface area contributed by atoms with Gasteiger partial charge in [-0.25, -0.2) is 9.07 Å². The van der Waals surface area contributed by atoms with Crippen molar-refractivity contribution in [3.63, 3.8) is 0 Å². The van der Waals surface area contributed by atoms with Gasteiger partial charge in [0.25, 0.3) is 5.56 Å². The maximum atomic E-state index is 13.6. The Morgan fingerprint density at radius 1 is 1.18 bits per heavy atom. The second kappa shape index (κ2) is 11.8. The number of nitrogens with one attached hydrogen (secondary N) is 1. The van der Waals surface area contributed by atoms with Gasteiger partial charge in [-0.1, -0.05) is 19.1 Å². The number of halogens is 1. The standard InChI is InChI=1S/C28H33FN6O3/c1-3-26(27-31-32-33-35(27)18-24-6-5-13-38-24)34(16-19-7-9-22(29)10-8-19)17-21-14-20-15-23(37-4-2)11-12-25(20)30-28(21)36/h7-12,14-15,24,26H,3-6,13,16-18H2,1-2H3,(H,30,36)/t24-,26+/m1/s1. The Hall–Kier alpha value is -3.63. The first-order valence-corrected chi connectivity index (χ1v) is 13.2. The van der Waals surface area contributed by atoms with Crippen LogP contribution in [0.3, 0.4) is 0 Å². The molecule has 0 spiro atoms. The number of rotatable bonds is 11. The van der Waals surface area contributed by atoms with Crippen molar-refractivity contribution in [2.24, 2.45) is 0 Å². The topological polar surface area (TPSA) is 98.2 Å². The number of aromatic amines is 1. The molecule has 200 valence electrons. The molecule has 0 radical (unpaired) electrons. The summed E-state index contributed by atoms with van der Waals surface area (Å²) in [5.74, 6) is 1.19. The van der Waals surface area contributed by atoms with E-state index in [9.17, 15) is 9.18 Å². The van der Waals surface area contributed by atoms with Crippen molar-refractivity contribution in [3.05, 3.63) is 81.7 Å². The molecule has 1 aliphatic rings. The molecule has 2 aromatic carbocycles. The molecule has 0 amide bonds. The molecule has 0 bridgehead atoms. The van der Waals surface area contributed by atoms with Crippen molar-refractivity contribution >= 4 is 10.9 Å². The number of ether oxygens (including phenoxy) is 2. The molecular weight excluding hydrogens is 487 g/mol. The zero-order chi connectivity index (χ0) is 26.5. The molecule has 4 aromatic rings. The highest BCUT2D eigenvalue weighted by molar-refractivity contribution is 5.80. The summed E-state index contributed by atoms with van der Waals surface area (Å²) in [6.45, 7) is 6.76. The molecule has 38 heavy (non-hydrogen) atoms. The Balaban J connectivity index is 1.49. The fourth-order valence-corrected chi connectivity index (χ4v) is 5.09. The highest BCUT2D eigenvalue weighted by atomic mass is 19.1. The van der Waals surface area contributed by atoms with Gasteiger partial charge in [0.15, 0.2) is 5.82 Å². The van der Waals surface area contributed by atoms with Crippen molar-refractivity contribution in [1.29, 1.82) is 0 Å². The molecule has 1 fully saturated rings. The van der Waals surface area contributed by atoms with Crippen LogP contribution in [-0.2, 0) is 24.4 Å². The lowest BCUT2D eigenvalue weighted by Crippen LogP contribution is -2.33. The van der Waals surface area contributed by atoms with Gasteiger partial charge in [0.2, 0.25) is 0 Å².